The minimum absolute atomic E-state index is 0.115. The van der Waals surface area contributed by atoms with E-state index < -0.39 is 13.3 Å². The van der Waals surface area contributed by atoms with E-state index in [1.165, 1.54) is 0 Å². The van der Waals surface area contributed by atoms with Gasteiger partial charge in [-0.15, -0.1) is 0 Å². The van der Waals surface area contributed by atoms with Crippen molar-refractivity contribution in [1.82, 2.24) is 4.90 Å². The lowest BCUT2D eigenvalue weighted by atomic mass is 9.96. The molecule has 0 spiro atoms. The Hall–Kier alpha value is -0.180. The maximum absolute atomic E-state index is 12.0. The van der Waals surface area contributed by atoms with Gasteiger partial charge in [0.05, 0.1) is 0 Å². The number of hydrogen-bond donors (Lipinski definition) is 0. The molecule has 0 fully saturated rings. The van der Waals surface area contributed by atoms with Crippen LogP contribution in [0.2, 0.25) is 0 Å². The fourth-order valence-electron chi connectivity index (χ4n) is 1.18. The lowest BCUT2D eigenvalue weighted by molar-refractivity contribution is 0.168. The van der Waals surface area contributed by atoms with Crippen molar-refractivity contribution < 1.29 is 8.78 Å². The average Bonchev–Trinajstić information content (AvgIpc) is 1.84. The van der Waals surface area contributed by atoms with Crippen LogP contribution in [0.3, 0.4) is 0 Å². The molecule has 0 bridgehead atoms. The molecule has 0 saturated carbocycles. The summed E-state index contributed by atoms with van der Waals surface area (Å²) in [5, 5.41) is 0. The van der Waals surface area contributed by atoms with E-state index in [1.54, 1.807) is 0 Å². The van der Waals surface area contributed by atoms with Crippen molar-refractivity contribution in [2.24, 2.45) is 5.41 Å². The maximum Gasteiger partial charge on any atom is 0.102 e. The molecule has 0 radical (unpaired) electrons. The molecule has 0 aliphatic heterocycles. The highest BCUT2D eigenvalue weighted by atomic mass is 19.1. The first kappa shape index (κ1) is 11.8. The van der Waals surface area contributed by atoms with Crippen molar-refractivity contribution in [3.8, 4) is 0 Å². The van der Waals surface area contributed by atoms with Crippen molar-refractivity contribution in [2.45, 2.75) is 20.8 Å². The molecule has 0 aliphatic rings. The van der Waals surface area contributed by atoms with Crippen LogP contribution in [0.5, 0.6) is 0 Å². The third-order valence-electron chi connectivity index (χ3n) is 1.50. The van der Waals surface area contributed by atoms with Crippen molar-refractivity contribution in [1.29, 1.82) is 0 Å². The zero-order chi connectivity index (χ0) is 9.61. The van der Waals surface area contributed by atoms with Crippen LogP contribution in [-0.2, 0) is 0 Å². The first-order valence-corrected chi connectivity index (χ1v) is 4.34. The first-order chi connectivity index (χ1) is 5.49. The minimum atomic E-state index is -0.393. The van der Waals surface area contributed by atoms with Crippen LogP contribution in [0.1, 0.15) is 20.8 Å². The SMILES string of the molecule is CC(C)(C)CN(CCF)CCF. The van der Waals surface area contributed by atoms with Gasteiger partial charge in [-0.05, 0) is 5.41 Å². The van der Waals surface area contributed by atoms with E-state index in [1.807, 2.05) is 4.90 Å². The average molecular weight is 179 g/mol. The number of alkyl halides is 2. The summed E-state index contributed by atoms with van der Waals surface area (Å²) in [6.45, 7) is 6.86. The standard InChI is InChI=1S/C9H19F2N/c1-9(2,3)8-12(6-4-10)7-5-11/h4-8H2,1-3H3. The highest BCUT2D eigenvalue weighted by molar-refractivity contribution is 4.68. The van der Waals surface area contributed by atoms with Gasteiger partial charge in [-0.1, -0.05) is 20.8 Å². The van der Waals surface area contributed by atoms with Gasteiger partial charge in [0.1, 0.15) is 13.3 Å². The van der Waals surface area contributed by atoms with Crippen molar-refractivity contribution in [3.63, 3.8) is 0 Å². The van der Waals surface area contributed by atoms with E-state index in [0.717, 1.165) is 6.54 Å². The molecule has 0 aromatic heterocycles. The fraction of sp³-hybridized carbons (Fsp3) is 1.00. The van der Waals surface area contributed by atoms with Crippen molar-refractivity contribution in [2.75, 3.05) is 33.0 Å². The van der Waals surface area contributed by atoms with E-state index in [0.29, 0.717) is 13.1 Å². The number of hydrogen-bond acceptors (Lipinski definition) is 1. The minimum Gasteiger partial charge on any atom is -0.298 e. The molecule has 74 valence electrons. The van der Waals surface area contributed by atoms with Gasteiger partial charge in [-0.3, -0.25) is 4.90 Å². The number of rotatable bonds is 5. The fourth-order valence-corrected chi connectivity index (χ4v) is 1.18. The van der Waals surface area contributed by atoms with E-state index in [-0.39, 0.29) is 5.41 Å². The normalized spacial score (nSPS) is 12.5. The molecule has 0 unspecified atom stereocenters. The van der Waals surface area contributed by atoms with E-state index in [4.69, 9.17) is 0 Å². The van der Waals surface area contributed by atoms with Crippen molar-refractivity contribution in [3.05, 3.63) is 0 Å². The zero-order valence-electron chi connectivity index (χ0n) is 8.24. The molecule has 1 nitrogen and oxygen atoms in total. The summed E-state index contributed by atoms with van der Waals surface area (Å²) in [5.41, 5.74) is 0.115. The molecule has 0 heterocycles. The van der Waals surface area contributed by atoms with Gasteiger partial charge in [0.25, 0.3) is 0 Å². The molecule has 12 heavy (non-hydrogen) atoms. The molecule has 0 saturated heterocycles. The summed E-state index contributed by atoms with van der Waals surface area (Å²) in [7, 11) is 0. The van der Waals surface area contributed by atoms with Crippen LogP contribution < -0.4 is 0 Å². The van der Waals surface area contributed by atoms with Gasteiger partial charge in [0.15, 0.2) is 0 Å². The lowest BCUT2D eigenvalue weighted by Crippen LogP contribution is -2.35. The summed E-state index contributed by atoms with van der Waals surface area (Å²) in [4.78, 5) is 1.82. The molecular weight excluding hydrogens is 160 g/mol. The van der Waals surface area contributed by atoms with Gasteiger partial charge in [0.2, 0.25) is 0 Å². The Labute approximate surface area is 73.7 Å². The van der Waals surface area contributed by atoms with Gasteiger partial charge in [0, 0.05) is 19.6 Å². The van der Waals surface area contributed by atoms with Crippen LogP contribution >= 0.6 is 0 Å². The van der Waals surface area contributed by atoms with Gasteiger partial charge >= 0.3 is 0 Å². The van der Waals surface area contributed by atoms with E-state index in [2.05, 4.69) is 20.8 Å². The first-order valence-electron chi connectivity index (χ1n) is 4.34. The van der Waals surface area contributed by atoms with Gasteiger partial charge in [-0.2, -0.15) is 0 Å². The topological polar surface area (TPSA) is 3.24 Å². The molecular formula is C9H19F2N. The van der Waals surface area contributed by atoms with Crippen LogP contribution in [0, 0.1) is 5.41 Å². The van der Waals surface area contributed by atoms with Crippen LogP contribution in [0.4, 0.5) is 8.78 Å². The van der Waals surface area contributed by atoms with E-state index in [9.17, 15) is 8.78 Å². The summed E-state index contributed by atoms with van der Waals surface area (Å²) < 4.78 is 24.0. The third kappa shape index (κ3) is 6.53. The van der Waals surface area contributed by atoms with Crippen LogP contribution in [0.15, 0.2) is 0 Å². The van der Waals surface area contributed by atoms with Crippen molar-refractivity contribution >= 4 is 0 Å². The Bertz CT molecular complexity index is 104. The second-order valence-corrected chi connectivity index (χ2v) is 4.21. The second-order valence-electron chi connectivity index (χ2n) is 4.21. The summed E-state index contributed by atoms with van der Waals surface area (Å²) in [5.74, 6) is 0. The molecule has 0 rings (SSSR count). The largest absolute Gasteiger partial charge is 0.298 e. The number of halogens is 2. The predicted octanol–water partition coefficient (Wildman–Crippen LogP) is 2.27. The predicted molar refractivity (Wildman–Crippen MR) is 47.8 cm³/mol. The molecule has 3 heteroatoms. The molecule has 0 aromatic rings. The highest BCUT2D eigenvalue weighted by Crippen LogP contribution is 2.14. The third-order valence-corrected chi connectivity index (χ3v) is 1.50. The van der Waals surface area contributed by atoms with E-state index >= 15 is 0 Å². The molecule has 0 amide bonds. The van der Waals surface area contributed by atoms with Crippen LogP contribution in [-0.4, -0.2) is 37.9 Å². The lowest BCUT2D eigenvalue weighted by Gasteiger charge is -2.28. The quantitative estimate of drug-likeness (QED) is 0.625. The Morgan fingerprint density at radius 1 is 1.00 bits per heavy atom. The Morgan fingerprint density at radius 2 is 1.42 bits per heavy atom. The smallest absolute Gasteiger partial charge is 0.102 e. The highest BCUT2D eigenvalue weighted by Gasteiger charge is 2.15. The molecule has 0 N–H and O–H groups in total. The maximum atomic E-state index is 12.0. The molecule has 0 atom stereocenters. The Morgan fingerprint density at radius 3 is 1.67 bits per heavy atom. The Kier molecular flexibility index (Phi) is 5.38. The summed E-state index contributed by atoms with van der Waals surface area (Å²) in [6.07, 6.45) is 0. The van der Waals surface area contributed by atoms with Crippen LogP contribution in [0.25, 0.3) is 0 Å². The summed E-state index contributed by atoms with van der Waals surface area (Å²) >= 11 is 0. The zero-order valence-corrected chi connectivity index (χ0v) is 8.24. The second kappa shape index (κ2) is 5.46. The molecule has 0 aliphatic carbocycles. The molecule has 0 aromatic carbocycles. The summed E-state index contributed by atoms with van der Waals surface area (Å²) in [6, 6.07) is 0. The van der Waals surface area contributed by atoms with Gasteiger partial charge in [-0.25, -0.2) is 8.78 Å². The number of nitrogens with zero attached hydrogens (tertiary/aromatic N) is 1. The monoisotopic (exact) mass is 179 g/mol. The Balaban J connectivity index is 3.77. The van der Waals surface area contributed by atoms with Gasteiger partial charge < -0.3 is 0 Å².